The van der Waals surface area contributed by atoms with Crippen LogP contribution in [0.3, 0.4) is 0 Å². The van der Waals surface area contributed by atoms with E-state index in [1.54, 1.807) is 28.8 Å². The summed E-state index contributed by atoms with van der Waals surface area (Å²) in [5, 5.41) is 0.674. The monoisotopic (exact) mass is 465 g/mol. The van der Waals surface area contributed by atoms with Crippen LogP contribution in [0.25, 0.3) is 0 Å². The summed E-state index contributed by atoms with van der Waals surface area (Å²) in [6.07, 6.45) is 0. The van der Waals surface area contributed by atoms with Crippen molar-refractivity contribution in [3.63, 3.8) is 0 Å². The van der Waals surface area contributed by atoms with Crippen molar-refractivity contribution < 1.29 is 13.2 Å². The third-order valence-electron chi connectivity index (χ3n) is 5.56. The van der Waals surface area contributed by atoms with E-state index in [9.17, 15) is 13.2 Å². The van der Waals surface area contributed by atoms with E-state index >= 15 is 0 Å². The molecule has 30 heavy (non-hydrogen) atoms. The quantitative estimate of drug-likeness (QED) is 0.692. The fourth-order valence-electron chi connectivity index (χ4n) is 3.93. The van der Waals surface area contributed by atoms with E-state index in [1.807, 2.05) is 31.2 Å². The maximum atomic E-state index is 13.3. The van der Waals surface area contributed by atoms with Crippen molar-refractivity contribution in [1.29, 1.82) is 0 Å². The topological polar surface area (TPSA) is 60.9 Å². The summed E-state index contributed by atoms with van der Waals surface area (Å²) >= 11 is 7.79. The molecule has 0 aromatic heterocycles. The Balaban J connectivity index is 1.55. The molecule has 0 unspecified atom stereocenters. The van der Waals surface area contributed by atoms with Gasteiger partial charge >= 0.3 is 0 Å². The van der Waals surface area contributed by atoms with Crippen LogP contribution in [-0.4, -0.2) is 57.1 Å². The van der Waals surface area contributed by atoms with Crippen LogP contribution in [0, 0.1) is 6.92 Å². The summed E-state index contributed by atoms with van der Waals surface area (Å²) in [5.74, 6) is 0.736. The predicted molar refractivity (Wildman–Crippen MR) is 122 cm³/mol. The van der Waals surface area contributed by atoms with Crippen LogP contribution in [0.15, 0.2) is 46.2 Å². The molecule has 2 aliphatic heterocycles. The maximum Gasteiger partial charge on any atom is 0.243 e. The number of hydrogen-bond acceptors (Lipinski definition) is 5. The first kappa shape index (κ1) is 21.5. The number of thioether (sulfide) groups is 1. The predicted octanol–water partition coefficient (Wildman–Crippen LogP) is 3.62. The Kier molecular flexibility index (Phi) is 6.03. The molecule has 0 aliphatic carbocycles. The van der Waals surface area contributed by atoms with Gasteiger partial charge in [-0.1, -0.05) is 17.7 Å². The lowest BCUT2D eigenvalue weighted by Crippen LogP contribution is -2.48. The van der Waals surface area contributed by atoms with Crippen LogP contribution in [0.5, 0.6) is 0 Å². The average Bonchev–Trinajstić information content (AvgIpc) is 2.74. The molecule has 0 atom stereocenters. The highest BCUT2D eigenvalue weighted by Crippen LogP contribution is 2.37. The average molecular weight is 466 g/mol. The second kappa shape index (κ2) is 8.42. The number of rotatable bonds is 3. The largest absolute Gasteiger partial charge is 0.369 e. The Morgan fingerprint density at radius 3 is 2.43 bits per heavy atom. The van der Waals surface area contributed by atoms with Crippen LogP contribution in [-0.2, 0) is 14.8 Å². The molecule has 2 aromatic rings. The van der Waals surface area contributed by atoms with Gasteiger partial charge in [-0.25, -0.2) is 8.42 Å². The molecule has 0 bridgehead atoms. The molecule has 9 heteroatoms. The van der Waals surface area contributed by atoms with Gasteiger partial charge in [0, 0.05) is 61.0 Å². The Bertz CT molecular complexity index is 1080. The van der Waals surface area contributed by atoms with E-state index in [1.165, 1.54) is 11.2 Å². The number of piperazine rings is 1. The highest BCUT2D eigenvalue weighted by atomic mass is 35.5. The number of carbonyl (C=O) groups is 1. The first-order valence-corrected chi connectivity index (χ1v) is 12.6. The lowest BCUT2D eigenvalue weighted by molar-refractivity contribution is -0.116. The van der Waals surface area contributed by atoms with Gasteiger partial charge in [-0.15, -0.1) is 11.8 Å². The molecule has 2 heterocycles. The van der Waals surface area contributed by atoms with Gasteiger partial charge < -0.3 is 9.80 Å². The van der Waals surface area contributed by atoms with Gasteiger partial charge in [0.05, 0.1) is 10.6 Å². The third-order valence-corrected chi connectivity index (χ3v) is 8.73. The third kappa shape index (κ3) is 4.06. The molecule has 1 fully saturated rings. The van der Waals surface area contributed by atoms with Crippen LogP contribution in [0.4, 0.5) is 11.4 Å². The Morgan fingerprint density at radius 1 is 1.00 bits per heavy atom. The van der Waals surface area contributed by atoms with Gasteiger partial charge in [-0.2, -0.15) is 4.31 Å². The number of sulfonamides is 1. The van der Waals surface area contributed by atoms with Crippen molar-refractivity contribution in [2.24, 2.45) is 0 Å². The molecular weight excluding hydrogens is 442 g/mol. The van der Waals surface area contributed by atoms with E-state index in [0.717, 1.165) is 21.9 Å². The molecular formula is C21H24ClN3O3S2. The zero-order valence-corrected chi connectivity index (χ0v) is 19.4. The normalized spacial score (nSPS) is 17.7. The second-order valence-corrected chi connectivity index (χ2v) is 11.0. The first-order chi connectivity index (χ1) is 14.3. The molecule has 0 radical (unpaired) electrons. The van der Waals surface area contributed by atoms with Crippen molar-refractivity contribution in [1.82, 2.24) is 4.31 Å². The molecule has 0 saturated carbocycles. The van der Waals surface area contributed by atoms with Crippen molar-refractivity contribution in [3.8, 4) is 0 Å². The highest BCUT2D eigenvalue weighted by Gasteiger charge is 2.31. The summed E-state index contributed by atoms with van der Waals surface area (Å²) in [4.78, 5) is 17.0. The molecule has 1 saturated heterocycles. The van der Waals surface area contributed by atoms with Gasteiger partial charge in [-0.05, 0) is 42.8 Å². The van der Waals surface area contributed by atoms with E-state index in [0.29, 0.717) is 43.4 Å². The lowest BCUT2D eigenvalue weighted by Gasteiger charge is -2.36. The number of nitrogens with zero attached hydrogens (tertiary/aromatic N) is 3. The number of amides is 1. The van der Waals surface area contributed by atoms with Crippen molar-refractivity contribution in [2.45, 2.75) is 23.6 Å². The van der Waals surface area contributed by atoms with Gasteiger partial charge in [0.1, 0.15) is 0 Å². The second-order valence-electron chi connectivity index (χ2n) is 7.47. The van der Waals surface area contributed by atoms with Crippen molar-refractivity contribution in [2.75, 3.05) is 48.3 Å². The fourth-order valence-corrected chi connectivity index (χ4v) is 6.51. The minimum absolute atomic E-state index is 0.0726. The first-order valence-electron chi connectivity index (χ1n) is 9.83. The lowest BCUT2D eigenvalue weighted by atomic mass is 10.1. The zero-order valence-electron chi connectivity index (χ0n) is 17.0. The Labute approximate surface area is 186 Å². The molecule has 1 amide bonds. The smallest absolute Gasteiger partial charge is 0.243 e. The summed E-state index contributed by atoms with van der Waals surface area (Å²) in [6, 6.07) is 10.9. The van der Waals surface area contributed by atoms with Crippen molar-refractivity contribution in [3.05, 3.63) is 47.0 Å². The molecule has 0 N–H and O–H groups in total. The SMILES string of the molecule is CC(=O)N1CCSc2ccc(S(=O)(=O)N3CCN(c4cc(Cl)ccc4C)CC3)cc21. The van der Waals surface area contributed by atoms with E-state index in [-0.39, 0.29) is 10.8 Å². The molecule has 0 spiro atoms. The highest BCUT2D eigenvalue weighted by molar-refractivity contribution is 7.99. The summed E-state index contributed by atoms with van der Waals surface area (Å²) in [7, 11) is -3.64. The van der Waals surface area contributed by atoms with E-state index in [2.05, 4.69) is 4.90 Å². The fraction of sp³-hybridized carbons (Fsp3) is 0.381. The number of benzene rings is 2. The van der Waals surface area contributed by atoms with Crippen LogP contribution < -0.4 is 9.80 Å². The van der Waals surface area contributed by atoms with E-state index in [4.69, 9.17) is 11.6 Å². The van der Waals surface area contributed by atoms with Crippen molar-refractivity contribution >= 4 is 50.7 Å². The maximum absolute atomic E-state index is 13.3. The summed E-state index contributed by atoms with van der Waals surface area (Å²) in [6.45, 7) is 6.13. The molecule has 2 aliphatic rings. The van der Waals surface area contributed by atoms with Crippen LogP contribution in [0.2, 0.25) is 5.02 Å². The number of hydrogen-bond donors (Lipinski definition) is 0. The molecule has 4 rings (SSSR count). The number of anilines is 2. The van der Waals surface area contributed by atoms with Crippen LogP contribution in [0.1, 0.15) is 12.5 Å². The number of fused-ring (bicyclic) bond motifs is 1. The Hall–Kier alpha value is -1.74. The van der Waals surface area contributed by atoms with Gasteiger partial charge in [0.15, 0.2) is 0 Å². The van der Waals surface area contributed by atoms with E-state index < -0.39 is 10.0 Å². The number of carbonyl (C=O) groups excluding carboxylic acids is 1. The number of aryl methyl sites for hydroxylation is 1. The standard InChI is InChI=1S/C21H24ClN3O3S2/c1-15-3-4-17(22)13-19(15)23-7-9-24(10-8-23)30(27,28)18-5-6-21-20(14-18)25(16(2)26)11-12-29-21/h3-6,13-14H,7-12H2,1-2H3. The minimum atomic E-state index is -3.64. The summed E-state index contributed by atoms with van der Waals surface area (Å²) in [5.41, 5.74) is 2.85. The molecule has 160 valence electrons. The number of halogens is 1. The molecule has 6 nitrogen and oxygen atoms in total. The summed E-state index contributed by atoms with van der Waals surface area (Å²) < 4.78 is 28.1. The Morgan fingerprint density at radius 2 is 1.73 bits per heavy atom. The van der Waals surface area contributed by atoms with Crippen LogP contribution >= 0.6 is 23.4 Å². The minimum Gasteiger partial charge on any atom is -0.369 e. The van der Waals surface area contributed by atoms with Gasteiger partial charge in [-0.3, -0.25) is 4.79 Å². The van der Waals surface area contributed by atoms with Gasteiger partial charge in [0.2, 0.25) is 15.9 Å². The van der Waals surface area contributed by atoms with Gasteiger partial charge in [0.25, 0.3) is 0 Å². The zero-order chi connectivity index (χ0) is 21.5. The molecule has 2 aromatic carbocycles.